The number of carbonyl (C=O) groups is 1. The molecule has 1 atom stereocenters. The first kappa shape index (κ1) is 19.4. The van der Waals surface area contributed by atoms with E-state index in [1.165, 1.54) is 0 Å². The van der Waals surface area contributed by atoms with Crippen molar-refractivity contribution < 1.29 is 9.53 Å². The molecule has 1 aromatic heterocycles. The lowest BCUT2D eigenvalue weighted by Gasteiger charge is -2.25. The molecule has 0 radical (unpaired) electrons. The largest absolute Gasteiger partial charge is 0.497 e. The summed E-state index contributed by atoms with van der Waals surface area (Å²) in [7, 11) is 5.61. The number of amides is 2. The van der Waals surface area contributed by atoms with Crippen LogP contribution in [0.5, 0.6) is 5.75 Å². The lowest BCUT2D eigenvalue weighted by molar-refractivity contribution is 0.243. The molecule has 0 bridgehead atoms. The molecule has 2 N–H and O–H groups in total. The van der Waals surface area contributed by atoms with Gasteiger partial charge in [0, 0.05) is 18.8 Å². The molecule has 2 amide bonds. The van der Waals surface area contributed by atoms with Crippen LogP contribution < -0.4 is 15.4 Å². The van der Waals surface area contributed by atoms with E-state index in [9.17, 15) is 4.79 Å². The first-order chi connectivity index (χ1) is 13.6. The van der Waals surface area contributed by atoms with Crippen molar-refractivity contribution in [2.75, 3.05) is 33.1 Å². The van der Waals surface area contributed by atoms with E-state index in [0.29, 0.717) is 12.4 Å². The van der Waals surface area contributed by atoms with E-state index in [-0.39, 0.29) is 12.1 Å². The van der Waals surface area contributed by atoms with Gasteiger partial charge in [-0.1, -0.05) is 30.3 Å². The number of anilines is 1. The Balaban J connectivity index is 1.58. The smallest absolute Gasteiger partial charge is 0.320 e. The fourth-order valence-electron chi connectivity index (χ4n) is 2.89. The molecule has 0 saturated carbocycles. The van der Waals surface area contributed by atoms with Crippen molar-refractivity contribution in [1.29, 1.82) is 0 Å². The Morgan fingerprint density at radius 1 is 1.11 bits per heavy atom. The maximum Gasteiger partial charge on any atom is 0.320 e. The van der Waals surface area contributed by atoms with Gasteiger partial charge in [-0.3, -0.25) is 5.32 Å². The van der Waals surface area contributed by atoms with Gasteiger partial charge < -0.3 is 15.0 Å². The van der Waals surface area contributed by atoms with Crippen LogP contribution in [0.15, 0.2) is 66.9 Å². The minimum Gasteiger partial charge on any atom is -0.497 e. The van der Waals surface area contributed by atoms with E-state index in [0.717, 1.165) is 17.0 Å². The molecule has 0 aliphatic rings. The third kappa shape index (κ3) is 4.89. The number of para-hydroxylation sites is 1. The Morgan fingerprint density at radius 3 is 2.46 bits per heavy atom. The summed E-state index contributed by atoms with van der Waals surface area (Å²) < 4.78 is 6.92. The molecular weight excluding hydrogens is 354 g/mol. The molecule has 0 fully saturated rings. The number of urea groups is 1. The fourth-order valence-corrected chi connectivity index (χ4v) is 2.89. The highest BCUT2D eigenvalue weighted by atomic mass is 16.5. The van der Waals surface area contributed by atoms with Crippen molar-refractivity contribution in [2.45, 2.75) is 6.04 Å². The third-order valence-electron chi connectivity index (χ3n) is 4.43. The van der Waals surface area contributed by atoms with Crippen molar-refractivity contribution in [3.8, 4) is 11.4 Å². The summed E-state index contributed by atoms with van der Waals surface area (Å²) in [6.07, 6.45) is 1.81. The highest BCUT2D eigenvalue weighted by molar-refractivity contribution is 5.88. The lowest BCUT2D eigenvalue weighted by atomic mass is 10.1. The zero-order chi connectivity index (χ0) is 19.9. The maximum atomic E-state index is 12.3. The molecule has 7 heteroatoms. The van der Waals surface area contributed by atoms with Crippen LogP contribution in [0.2, 0.25) is 0 Å². The van der Waals surface area contributed by atoms with Gasteiger partial charge in [0.05, 0.1) is 18.8 Å². The average molecular weight is 379 g/mol. The third-order valence-corrected chi connectivity index (χ3v) is 4.43. The number of benzene rings is 2. The number of aromatic nitrogens is 2. The van der Waals surface area contributed by atoms with Gasteiger partial charge in [0.15, 0.2) is 5.82 Å². The highest BCUT2D eigenvalue weighted by Gasteiger charge is 2.16. The predicted molar refractivity (Wildman–Crippen MR) is 110 cm³/mol. The standard InChI is InChI=1S/C21H25N5O2/c1-25(2)19(16-9-11-18(28-3)12-10-16)15-22-21(27)23-20-13-14-26(24-20)17-7-5-4-6-8-17/h4-14,19H,15H2,1-3H3,(H2,22,23,24,27). The van der Waals surface area contributed by atoms with Crippen LogP contribution in [-0.2, 0) is 0 Å². The number of nitrogens with one attached hydrogen (secondary N) is 2. The molecule has 0 aliphatic carbocycles. The minimum absolute atomic E-state index is 0.0403. The monoisotopic (exact) mass is 379 g/mol. The van der Waals surface area contributed by atoms with E-state index in [1.807, 2.05) is 74.9 Å². The Morgan fingerprint density at radius 2 is 1.82 bits per heavy atom. The van der Waals surface area contributed by atoms with Crippen LogP contribution >= 0.6 is 0 Å². The number of hydrogen-bond donors (Lipinski definition) is 2. The van der Waals surface area contributed by atoms with Crippen molar-refractivity contribution >= 4 is 11.8 Å². The molecule has 0 spiro atoms. The second-order valence-electron chi connectivity index (χ2n) is 6.57. The van der Waals surface area contributed by atoms with Crippen LogP contribution in [0.3, 0.4) is 0 Å². The number of carbonyl (C=O) groups excluding carboxylic acids is 1. The van der Waals surface area contributed by atoms with Crippen LogP contribution in [0, 0.1) is 0 Å². The molecule has 146 valence electrons. The fraction of sp³-hybridized carbons (Fsp3) is 0.238. The van der Waals surface area contributed by atoms with E-state index >= 15 is 0 Å². The van der Waals surface area contributed by atoms with Gasteiger partial charge in [-0.25, -0.2) is 9.48 Å². The molecule has 1 unspecified atom stereocenters. The predicted octanol–water partition coefficient (Wildman–Crippen LogP) is 3.31. The van der Waals surface area contributed by atoms with Gasteiger partial charge in [-0.05, 0) is 43.9 Å². The van der Waals surface area contributed by atoms with Gasteiger partial charge in [-0.2, -0.15) is 0 Å². The summed E-state index contributed by atoms with van der Waals surface area (Å²) in [5.74, 6) is 1.30. The topological polar surface area (TPSA) is 71.4 Å². The van der Waals surface area contributed by atoms with Gasteiger partial charge >= 0.3 is 6.03 Å². The SMILES string of the molecule is COc1ccc(C(CNC(=O)Nc2ccn(-c3ccccc3)n2)N(C)C)cc1. The summed E-state index contributed by atoms with van der Waals surface area (Å²) in [6.45, 7) is 0.463. The Labute approximate surface area is 164 Å². The highest BCUT2D eigenvalue weighted by Crippen LogP contribution is 2.20. The number of rotatable bonds is 7. The van der Waals surface area contributed by atoms with E-state index in [4.69, 9.17) is 4.74 Å². The van der Waals surface area contributed by atoms with Gasteiger partial charge in [0.1, 0.15) is 5.75 Å². The minimum atomic E-state index is -0.293. The van der Waals surface area contributed by atoms with Crippen LogP contribution in [0.4, 0.5) is 10.6 Å². The van der Waals surface area contributed by atoms with Crippen molar-refractivity contribution in [3.05, 3.63) is 72.4 Å². The first-order valence-electron chi connectivity index (χ1n) is 9.03. The Kier molecular flexibility index (Phi) is 6.29. The summed E-state index contributed by atoms with van der Waals surface area (Å²) >= 11 is 0. The van der Waals surface area contributed by atoms with Gasteiger partial charge in [0.25, 0.3) is 0 Å². The number of ether oxygens (including phenoxy) is 1. The summed E-state index contributed by atoms with van der Waals surface area (Å²) in [5.41, 5.74) is 2.03. The molecule has 3 aromatic rings. The van der Waals surface area contributed by atoms with E-state index < -0.39 is 0 Å². The second kappa shape index (κ2) is 9.05. The van der Waals surface area contributed by atoms with Crippen molar-refractivity contribution in [2.24, 2.45) is 0 Å². The van der Waals surface area contributed by atoms with E-state index in [1.54, 1.807) is 17.9 Å². The zero-order valence-corrected chi connectivity index (χ0v) is 16.3. The van der Waals surface area contributed by atoms with Gasteiger partial charge in [-0.15, -0.1) is 5.10 Å². The molecule has 2 aromatic carbocycles. The number of methoxy groups -OCH3 is 1. The molecule has 1 heterocycles. The van der Waals surface area contributed by atoms with Crippen molar-refractivity contribution in [3.63, 3.8) is 0 Å². The first-order valence-corrected chi connectivity index (χ1v) is 9.03. The van der Waals surface area contributed by atoms with Crippen LogP contribution in [0.1, 0.15) is 11.6 Å². The number of nitrogens with zero attached hydrogens (tertiary/aromatic N) is 3. The quantitative estimate of drug-likeness (QED) is 0.661. The van der Waals surface area contributed by atoms with Crippen LogP contribution in [0.25, 0.3) is 5.69 Å². The summed E-state index contributed by atoms with van der Waals surface area (Å²) in [6, 6.07) is 19.1. The lowest BCUT2D eigenvalue weighted by Crippen LogP contribution is -2.37. The molecule has 3 rings (SSSR count). The molecule has 0 aliphatic heterocycles. The Hall–Kier alpha value is -3.32. The van der Waals surface area contributed by atoms with Gasteiger partial charge in [0.2, 0.25) is 0 Å². The maximum absolute atomic E-state index is 12.3. The summed E-state index contributed by atoms with van der Waals surface area (Å²) in [5, 5.41) is 10.1. The van der Waals surface area contributed by atoms with Crippen molar-refractivity contribution in [1.82, 2.24) is 20.0 Å². The molecule has 28 heavy (non-hydrogen) atoms. The summed E-state index contributed by atoms with van der Waals surface area (Å²) in [4.78, 5) is 14.4. The molecule has 0 saturated heterocycles. The zero-order valence-electron chi connectivity index (χ0n) is 16.3. The normalized spacial score (nSPS) is 11.9. The average Bonchev–Trinajstić information content (AvgIpc) is 3.17. The number of hydrogen-bond acceptors (Lipinski definition) is 4. The molecular formula is C21H25N5O2. The molecule has 7 nitrogen and oxygen atoms in total. The Bertz CT molecular complexity index is 891. The number of likely N-dealkylation sites (N-methyl/N-ethyl adjacent to an activating group) is 1. The second-order valence-corrected chi connectivity index (χ2v) is 6.57. The van der Waals surface area contributed by atoms with E-state index in [2.05, 4.69) is 20.6 Å². The van der Waals surface area contributed by atoms with Crippen LogP contribution in [-0.4, -0.2) is 48.5 Å².